The molecule has 0 atom stereocenters. The highest BCUT2D eigenvalue weighted by Crippen LogP contribution is 2.50. The van der Waals surface area contributed by atoms with Crippen LogP contribution in [-0.4, -0.2) is 18.3 Å². The zero-order chi connectivity index (χ0) is 22.5. The minimum absolute atomic E-state index is 0.378. The lowest BCUT2D eigenvalue weighted by atomic mass is 9.74. The van der Waals surface area contributed by atoms with Crippen molar-refractivity contribution in [1.82, 2.24) is 0 Å². The Kier molecular flexibility index (Phi) is 3.67. The van der Waals surface area contributed by atoms with E-state index in [2.05, 4.69) is 107 Å². The number of benzene rings is 5. The van der Waals surface area contributed by atoms with Crippen LogP contribution in [0.15, 0.2) is 78.9 Å². The molecule has 5 aromatic carbocycles. The van der Waals surface area contributed by atoms with E-state index in [9.17, 15) is 0 Å². The van der Waals surface area contributed by atoms with Crippen molar-refractivity contribution in [2.45, 2.75) is 38.9 Å². The first-order valence-corrected chi connectivity index (χ1v) is 11.7. The molecule has 160 valence electrons. The lowest BCUT2D eigenvalue weighted by molar-refractivity contribution is 0.00578. The largest absolute Gasteiger partial charge is 0.495 e. The van der Waals surface area contributed by atoms with Crippen molar-refractivity contribution >= 4 is 44.9 Å². The molecule has 33 heavy (non-hydrogen) atoms. The molecule has 7 rings (SSSR count). The fraction of sp³-hybridized carbons (Fsp3) is 0.200. The van der Waals surface area contributed by atoms with Gasteiger partial charge in [0.05, 0.1) is 11.2 Å². The summed E-state index contributed by atoms with van der Waals surface area (Å²) in [6.45, 7) is 8.46. The molecule has 1 heterocycles. The van der Waals surface area contributed by atoms with Crippen molar-refractivity contribution in [1.29, 1.82) is 0 Å². The predicted molar refractivity (Wildman–Crippen MR) is 139 cm³/mol. The summed E-state index contributed by atoms with van der Waals surface area (Å²) < 4.78 is 13.0. The van der Waals surface area contributed by atoms with Crippen LogP contribution in [0, 0.1) is 0 Å². The van der Waals surface area contributed by atoms with Crippen LogP contribution in [0.25, 0.3) is 54.6 Å². The van der Waals surface area contributed by atoms with E-state index in [0.717, 1.165) is 5.46 Å². The Balaban J connectivity index is 1.60. The molecular formula is C30H25BO2. The smallest absolute Gasteiger partial charge is 0.399 e. The molecule has 0 amide bonds. The summed E-state index contributed by atoms with van der Waals surface area (Å²) in [6.07, 6.45) is 0. The minimum atomic E-state index is -0.399. The molecule has 1 aliphatic carbocycles. The van der Waals surface area contributed by atoms with Gasteiger partial charge in [0.25, 0.3) is 0 Å². The van der Waals surface area contributed by atoms with Gasteiger partial charge in [-0.2, -0.15) is 0 Å². The van der Waals surface area contributed by atoms with Gasteiger partial charge >= 0.3 is 7.12 Å². The third-order valence-electron chi connectivity index (χ3n) is 8.05. The van der Waals surface area contributed by atoms with Gasteiger partial charge in [0, 0.05) is 0 Å². The van der Waals surface area contributed by atoms with E-state index in [1.807, 2.05) is 0 Å². The van der Waals surface area contributed by atoms with Crippen molar-refractivity contribution in [3.05, 3.63) is 78.9 Å². The summed E-state index contributed by atoms with van der Waals surface area (Å²) >= 11 is 0. The molecule has 0 bridgehead atoms. The fourth-order valence-corrected chi connectivity index (χ4v) is 5.64. The van der Waals surface area contributed by atoms with E-state index in [1.54, 1.807) is 0 Å². The molecule has 0 saturated carbocycles. The summed E-state index contributed by atoms with van der Waals surface area (Å²) in [5.41, 5.74) is 5.65. The molecule has 0 unspecified atom stereocenters. The zero-order valence-electron chi connectivity index (χ0n) is 19.4. The van der Waals surface area contributed by atoms with Gasteiger partial charge in [0.2, 0.25) is 0 Å². The molecule has 2 aliphatic rings. The minimum Gasteiger partial charge on any atom is -0.399 e. The maximum atomic E-state index is 6.51. The number of hydrogen-bond acceptors (Lipinski definition) is 2. The highest BCUT2D eigenvalue weighted by molar-refractivity contribution is 6.66. The van der Waals surface area contributed by atoms with Gasteiger partial charge in [-0.15, -0.1) is 0 Å². The van der Waals surface area contributed by atoms with Crippen LogP contribution in [0.4, 0.5) is 0 Å². The monoisotopic (exact) mass is 428 g/mol. The molecule has 2 nitrogen and oxygen atoms in total. The van der Waals surface area contributed by atoms with Crippen LogP contribution in [-0.2, 0) is 9.31 Å². The summed E-state index contributed by atoms with van der Waals surface area (Å²) in [5.74, 6) is 0. The first-order chi connectivity index (χ1) is 15.9. The Morgan fingerprint density at radius 3 is 1.79 bits per heavy atom. The normalized spacial score (nSPS) is 17.9. The number of hydrogen-bond donors (Lipinski definition) is 0. The Morgan fingerprint density at radius 1 is 0.515 bits per heavy atom. The molecule has 1 saturated heterocycles. The van der Waals surface area contributed by atoms with E-state index in [-0.39, 0.29) is 11.2 Å². The van der Waals surface area contributed by atoms with Crippen LogP contribution in [0.1, 0.15) is 27.7 Å². The van der Waals surface area contributed by atoms with Crippen molar-refractivity contribution in [3.63, 3.8) is 0 Å². The molecule has 5 aromatic rings. The van der Waals surface area contributed by atoms with Gasteiger partial charge in [-0.1, -0.05) is 72.8 Å². The molecule has 0 spiro atoms. The second-order valence-corrected chi connectivity index (χ2v) is 10.4. The highest BCUT2D eigenvalue weighted by Gasteiger charge is 2.52. The van der Waals surface area contributed by atoms with Crippen molar-refractivity contribution in [3.8, 4) is 22.3 Å². The quantitative estimate of drug-likeness (QED) is 0.206. The Hall–Kier alpha value is -3.14. The van der Waals surface area contributed by atoms with Gasteiger partial charge in [-0.25, -0.2) is 0 Å². The van der Waals surface area contributed by atoms with E-state index in [0.29, 0.717) is 0 Å². The number of fused-ring (bicyclic) bond motifs is 7. The molecular weight excluding hydrogens is 403 g/mol. The highest BCUT2D eigenvalue weighted by atomic mass is 16.7. The van der Waals surface area contributed by atoms with E-state index >= 15 is 0 Å². The summed E-state index contributed by atoms with van der Waals surface area (Å²) in [6, 6.07) is 28.8. The first-order valence-electron chi connectivity index (χ1n) is 11.7. The number of rotatable bonds is 1. The van der Waals surface area contributed by atoms with Gasteiger partial charge < -0.3 is 9.31 Å². The van der Waals surface area contributed by atoms with Crippen molar-refractivity contribution in [2.24, 2.45) is 0 Å². The maximum Gasteiger partial charge on any atom is 0.495 e. The summed E-state index contributed by atoms with van der Waals surface area (Å²) in [5, 5.41) is 7.61. The Labute approximate surface area is 194 Å². The lowest BCUT2D eigenvalue weighted by Gasteiger charge is -2.32. The summed E-state index contributed by atoms with van der Waals surface area (Å²) in [7, 11) is -0.399. The van der Waals surface area contributed by atoms with Crippen molar-refractivity contribution in [2.75, 3.05) is 0 Å². The standard InChI is InChI=1S/C30H25BO2/c1-29(2)30(3,4)33-31(32-29)27-17-25-23-15-9-14-22-18-10-5-6-11-19(18)26(28(22)23)16-24(25)20-12-7-8-13-21(20)27/h5-17H,1-4H3. The predicted octanol–water partition coefficient (Wildman–Crippen LogP) is 7.09. The Morgan fingerprint density at radius 2 is 1.06 bits per heavy atom. The van der Waals surface area contributed by atoms with Crippen LogP contribution in [0.5, 0.6) is 0 Å². The van der Waals surface area contributed by atoms with Crippen molar-refractivity contribution < 1.29 is 9.31 Å². The zero-order valence-corrected chi connectivity index (χ0v) is 19.4. The topological polar surface area (TPSA) is 18.5 Å². The molecule has 0 N–H and O–H groups in total. The second kappa shape index (κ2) is 6.25. The van der Waals surface area contributed by atoms with Gasteiger partial charge in [-0.05, 0) is 93.8 Å². The molecule has 0 radical (unpaired) electrons. The maximum absolute atomic E-state index is 6.51. The lowest BCUT2D eigenvalue weighted by Crippen LogP contribution is -2.41. The van der Waals surface area contributed by atoms with E-state index in [4.69, 9.17) is 9.31 Å². The van der Waals surface area contributed by atoms with E-state index < -0.39 is 7.12 Å². The van der Waals surface area contributed by atoms with Gasteiger partial charge in [0.15, 0.2) is 0 Å². The average Bonchev–Trinajstić information content (AvgIpc) is 3.24. The first kappa shape index (κ1) is 19.3. The Bertz CT molecular complexity index is 1610. The second-order valence-electron chi connectivity index (χ2n) is 10.4. The fourth-order valence-electron chi connectivity index (χ4n) is 5.64. The van der Waals surface area contributed by atoms with E-state index in [1.165, 1.54) is 54.6 Å². The SMILES string of the molecule is CC1(C)OB(c2cc3c4cccc5c4c(cc3c3ccccc23)-c2ccccc2-5)OC1(C)C. The van der Waals surface area contributed by atoms with Crippen LogP contribution < -0.4 is 5.46 Å². The third kappa shape index (κ3) is 2.47. The van der Waals surface area contributed by atoms with Gasteiger partial charge in [-0.3, -0.25) is 0 Å². The average molecular weight is 428 g/mol. The van der Waals surface area contributed by atoms with Crippen LogP contribution >= 0.6 is 0 Å². The van der Waals surface area contributed by atoms with Crippen LogP contribution in [0.2, 0.25) is 0 Å². The molecule has 0 aromatic heterocycles. The third-order valence-corrected chi connectivity index (χ3v) is 8.05. The van der Waals surface area contributed by atoms with Gasteiger partial charge in [0.1, 0.15) is 0 Å². The molecule has 1 fully saturated rings. The summed E-state index contributed by atoms with van der Waals surface area (Å²) in [4.78, 5) is 0. The molecule has 3 heteroatoms. The molecule has 1 aliphatic heterocycles. The van der Waals surface area contributed by atoms with Crippen LogP contribution in [0.3, 0.4) is 0 Å².